The van der Waals surface area contributed by atoms with Crippen molar-refractivity contribution in [2.75, 3.05) is 31.2 Å². The first-order valence-corrected chi connectivity index (χ1v) is 9.25. The first kappa shape index (κ1) is 15.8. The predicted octanol–water partition coefficient (Wildman–Crippen LogP) is 1.66. The number of morpholine rings is 1. The molecule has 2 amide bonds. The quantitative estimate of drug-likeness (QED) is 0.472. The third-order valence-corrected chi connectivity index (χ3v) is 6.04. The molecule has 6 heteroatoms. The maximum absolute atomic E-state index is 12.6. The minimum absolute atomic E-state index is 0.141. The molecule has 0 spiro atoms. The molecule has 1 aromatic rings. The summed E-state index contributed by atoms with van der Waals surface area (Å²) < 4.78 is 5.37. The van der Waals surface area contributed by atoms with Gasteiger partial charge in [0.1, 0.15) is 0 Å². The van der Waals surface area contributed by atoms with E-state index in [0.717, 1.165) is 49.0 Å². The van der Waals surface area contributed by atoms with Crippen LogP contribution in [0.4, 0.5) is 5.69 Å². The third kappa shape index (κ3) is 2.40. The predicted molar refractivity (Wildman–Crippen MR) is 96.6 cm³/mol. The zero-order valence-corrected chi connectivity index (χ0v) is 14.5. The molecule has 2 bridgehead atoms. The van der Waals surface area contributed by atoms with Crippen LogP contribution in [0.3, 0.4) is 0 Å². The molecule has 3 fully saturated rings. The summed E-state index contributed by atoms with van der Waals surface area (Å²) in [5.41, 5.74) is 2.02. The molecule has 4 atom stereocenters. The van der Waals surface area contributed by atoms with E-state index < -0.39 is 0 Å². The Balaban J connectivity index is 1.30. The van der Waals surface area contributed by atoms with Crippen LogP contribution in [-0.4, -0.2) is 49.3 Å². The standard InChI is InChI=1S/C20H21N3O3/c24-19-17-14-3-4-15(11-14)18(17)20(25)23(19)21-12-13-1-5-16(6-2-13)22-7-9-26-10-8-22/h1-6,12,14-15,17-18H,7-11H2/t14-,15-,17-,18+/m0/s1. The Morgan fingerprint density at radius 1 is 0.962 bits per heavy atom. The highest BCUT2D eigenvalue weighted by molar-refractivity contribution is 6.06. The Kier molecular flexibility index (Phi) is 3.67. The van der Waals surface area contributed by atoms with E-state index in [9.17, 15) is 9.59 Å². The average molecular weight is 351 g/mol. The smallest absolute Gasteiger partial charge is 0.254 e. The van der Waals surface area contributed by atoms with Gasteiger partial charge in [0, 0.05) is 18.8 Å². The monoisotopic (exact) mass is 351 g/mol. The van der Waals surface area contributed by atoms with E-state index in [0.29, 0.717) is 0 Å². The van der Waals surface area contributed by atoms with E-state index in [1.807, 2.05) is 24.3 Å². The molecule has 5 rings (SSSR count). The van der Waals surface area contributed by atoms with Gasteiger partial charge in [0.2, 0.25) is 0 Å². The minimum atomic E-state index is -0.196. The first-order valence-electron chi connectivity index (χ1n) is 9.25. The number of fused-ring (bicyclic) bond motifs is 5. The lowest BCUT2D eigenvalue weighted by Crippen LogP contribution is -2.36. The fraction of sp³-hybridized carbons (Fsp3) is 0.450. The Bertz CT molecular complexity index is 765. The van der Waals surface area contributed by atoms with Gasteiger partial charge in [-0.25, -0.2) is 0 Å². The summed E-state index contributed by atoms with van der Waals surface area (Å²) in [6, 6.07) is 8.01. The van der Waals surface area contributed by atoms with Crippen molar-refractivity contribution in [1.29, 1.82) is 0 Å². The number of hydrogen-bond acceptors (Lipinski definition) is 5. The van der Waals surface area contributed by atoms with Crippen molar-refractivity contribution in [1.82, 2.24) is 5.01 Å². The number of allylic oxidation sites excluding steroid dienone is 2. The molecule has 0 unspecified atom stereocenters. The van der Waals surface area contributed by atoms with E-state index >= 15 is 0 Å². The summed E-state index contributed by atoms with van der Waals surface area (Å²) in [5.74, 6) is -0.239. The number of ether oxygens (including phenoxy) is 1. The van der Waals surface area contributed by atoms with Crippen LogP contribution in [0.15, 0.2) is 41.5 Å². The maximum atomic E-state index is 12.6. The summed E-state index contributed by atoms with van der Waals surface area (Å²) in [7, 11) is 0. The van der Waals surface area contributed by atoms with Crippen molar-refractivity contribution in [3.63, 3.8) is 0 Å². The fourth-order valence-electron chi connectivity index (χ4n) is 4.72. The molecule has 26 heavy (non-hydrogen) atoms. The Labute approximate surface area is 152 Å². The molecule has 2 aliphatic carbocycles. The molecule has 1 saturated carbocycles. The van der Waals surface area contributed by atoms with Gasteiger partial charge in [-0.1, -0.05) is 24.3 Å². The van der Waals surface area contributed by atoms with Crippen molar-refractivity contribution >= 4 is 23.7 Å². The first-order chi connectivity index (χ1) is 12.7. The zero-order chi connectivity index (χ0) is 17.7. The number of imide groups is 1. The molecule has 2 heterocycles. The van der Waals surface area contributed by atoms with Gasteiger partial charge in [0.05, 0.1) is 31.3 Å². The van der Waals surface area contributed by atoms with E-state index in [-0.39, 0.29) is 35.5 Å². The van der Waals surface area contributed by atoms with Gasteiger partial charge < -0.3 is 9.64 Å². The van der Waals surface area contributed by atoms with Crippen LogP contribution in [0.2, 0.25) is 0 Å². The van der Waals surface area contributed by atoms with Gasteiger partial charge in [-0.05, 0) is 36.0 Å². The molecule has 134 valence electrons. The fourth-order valence-corrected chi connectivity index (χ4v) is 4.72. The second-order valence-corrected chi connectivity index (χ2v) is 7.42. The number of anilines is 1. The number of carbonyl (C=O) groups excluding carboxylic acids is 2. The largest absolute Gasteiger partial charge is 0.378 e. The summed E-state index contributed by atoms with van der Waals surface area (Å²) in [5, 5.41) is 5.32. The highest BCUT2D eigenvalue weighted by Crippen LogP contribution is 2.52. The second kappa shape index (κ2) is 6.06. The van der Waals surface area contributed by atoms with E-state index in [4.69, 9.17) is 4.74 Å². The van der Waals surface area contributed by atoms with E-state index in [1.54, 1.807) is 6.21 Å². The number of nitrogens with zero attached hydrogens (tertiary/aromatic N) is 3. The summed E-state index contributed by atoms with van der Waals surface area (Å²) >= 11 is 0. The van der Waals surface area contributed by atoms with Crippen LogP contribution >= 0.6 is 0 Å². The van der Waals surface area contributed by atoms with Crippen molar-refractivity contribution in [3.8, 4) is 0 Å². The topological polar surface area (TPSA) is 62.2 Å². The number of benzene rings is 1. The lowest BCUT2D eigenvalue weighted by Gasteiger charge is -2.28. The van der Waals surface area contributed by atoms with Crippen molar-refractivity contribution < 1.29 is 14.3 Å². The van der Waals surface area contributed by atoms with Gasteiger partial charge in [0.15, 0.2) is 0 Å². The molecule has 0 N–H and O–H groups in total. The number of hydrogen-bond donors (Lipinski definition) is 0. The molecule has 1 aromatic carbocycles. The SMILES string of the molecule is O=C1[C@@H]2[C@H](C(=O)N1N=Cc1ccc(N3CCOCC3)cc1)[C@H]1C=C[C@H]2C1. The molecule has 2 aliphatic heterocycles. The Morgan fingerprint density at radius 2 is 1.58 bits per heavy atom. The van der Waals surface area contributed by atoms with E-state index in [2.05, 4.69) is 22.2 Å². The Hall–Kier alpha value is -2.47. The lowest BCUT2D eigenvalue weighted by atomic mass is 9.85. The molecule has 0 radical (unpaired) electrons. The number of hydrazone groups is 1. The molecular formula is C20H21N3O3. The molecule has 6 nitrogen and oxygen atoms in total. The van der Waals surface area contributed by atoms with E-state index in [1.165, 1.54) is 0 Å². The number of carbonyl (C=O) groups is 2. The molecule has 0 aromatic heterocycles. The number of amides is 2. The number of rotatable bonds is 3. The molecule has 2 saturated heterocycles. The highest BCUT2D eigenvalue weighted by atomic mass is 16.5. The zero-order valence-electron chi connectivity index (χ0n) is 14.5. The molecule has 4 aliphatic rings. The van der Waals surface area contributed by atoms with Gasteiger partial charge >= 0.3 is 0 Å². The normalized spacial score (nSPS) is 32.9. The molecular weight excluding hydrogens is 330 g/mol. The summed E-state index contributed by atoms with van der Waals surface area (Å²) in [6.45, 7) is 3.29. The summed E-state index contributed by atoms with van der Waals surface area (Å²) in [4.78, 5) is 27.5. The Morgan fingerprint density at radius 3 is 2.19 bits per heavy atom. The van der Waals surface area contributed by atoms with Crippen molar-refractivity contribution in [2.45, 2.75) is 6.42 Å². The van der Waals surface area contributed by atoms with Gasteiger partial charge in [0.25, 0.3) is 11.8 Å². The van der Waals surface area contributed by atoms with Crippen LogP contribution in [0.25, 0.3) is 0 Å². The van der Waals surface area contributed by atoms with Crippen LogP contribution in [0.5, 0.6) is 0 Å². The van der Waals surface area contributed by atoms with Crippen molar-refractivity contribution in [3.05, 3.63) is 42.0 Å². The van der Waals surface area contributed by atoms with Crippen LogP contribution < -0.4 is 4.90 Å². The van der Waals surface area contributed by atoms with Gasteiger partial charge in [-0.3, -0.25) is 9.59 Å². The highest BCUT2D eigenvalue weighted by Gasteiger charge is 2.59. The maximum Gasteiger partial charge on any atom is 0.254 e. The van der Waals surface area contributed by atoms with Gasteiger partial charge in [-0.15, -0.1) is 0 Å². The summed E-state index contributed by atoms with van der Waals surface area (Å²) in [6.07, 6.45) is 6.73. The van der Waals surface area contributed by atoms with Crippen LogP contribution in [0.1, 0.15) is 12.0 Å². The average Bonchev–Trinajstić information content (AvgIpc) is 3.36. The van der Waals surface area contributed by atoms with Crippen LogP contribution in [-0.2, 0) is 14.3 Å². The third-order valence-electron chi connectivity index (χ3n) is 6.04. The second-order valence-electron chi connectivity index (χ2n) is 7.42. The minimum Gasteiger partial charge on any atom is -0.378 e. The van der Waals surface area contributed by atoms with Gasteiger partial charge in [-0.2, -0.15) is 10.1 Å². The van der Waals surface area contributed by atoms with Crippen molar-refractivity contribution in [2.24, 2.45) is 28.8 Å². The lowest BCUT2D eigenvalue weighted by molar-refractivity contribution is -0.140. The van der Waals surface area contributed by atoms with Crippen LogP contribution in [0, 0.1) is 23.7 Å².